The summed E-state index contributed by atoms with van der Waals surface area (Å²) in [6.07, 6.45) is 0.707. The second-order valence-electron chi connectivity index (χ2n) is 2.04. The van der Waals surface area contributed by atoms with E-state index in [1.807, 2.05) is 0 Å². The van der Waals surface area contributed by atoms with Crippen molar-refractivity contribution in [2.75, 3.05) is 0 Å². The quantitative estimate of drug-likeness (QED) is 0.616. The van der Waals surface area contributed by atoms with Crippen molar-refractivity contribution in [3.8, 4) is 5.75 Å². The lowest BCUT2D eigenvalue weighted by Gasteiger charge is -2.04. The normalized spacial score (nSPS) is 9.92. The molecule has 0 atom stereocenters. The minimum absolute atomic E-state index is 0.0764. The molecule has 5 heteroatoms. The Morgan fingerprint density at radius 2 is 1.83 bits per heavy atom. The van der Waals surface area contributed by atoms with Crippen molar-refractivity contribution in [1.82, 2.24) is 0 Å². The Balaban J connectivity index is 3.49. The highest BCUT2D eigenvalue weighted by Crippen LogP contribution is 2.39. The van der Waals surface area contributed by atoms with E-state index in [-0.39, 0.29) is 5.75 Å². The lowest BCUT2D eigenvalue weighted by Crippen LogP contribution is -1.85. The van der Waals surface area contributed by atoms with Crippen LogP contribution >= 0.6 is 47.8 Å². The van der Waals surface area contributed by atoms with Crippen molar-refractivity contribution in [2.24, 2.45) is 0 Å². The van der Waals surface area contributed by atoms with Crippen LogP contribution < -0.4 is 0 Å². The summed E-state index contributed by atoms with van der Waals surface area (Å²) in [6, 6.07) is 1.54. The van der Waals surface area contributed by atoms with Crippen LogP contribution in [0.1, 0.15) is 10.4 Å². The Hall–Kier alpha value is 0.130. The average Bonchev–Trinajstić information content (AvgIpc) is 2.08. The summed E-state index contributed by atoms with van der Waals surface area (Å²) in [5, 5.41) is 9.37. The molecule has 0 aliphatic rings. The van der Waals surface area contributed by atoms with Gasteiger partial charge in [0.2, 0.25) is 0 Å². The maximum Gasteiger partial charge on any atom is 0.151 e. The minimum atomic E-state index is 0.0764. The third-order valence-corrected chi connectivity index (χ3v) is 4.05. The van der Waals surface area contributed by atoms with Gasteiger partial charge in [0.15, 0.2) is 6.29 Å². The van der Waals surface area contributed by atoms with Gasteiger partial charge in [-0.2, -0.15) is 0 Å². The van der Waals surface area contributed by atoms with E-state index < -0.39 is 0 Å². The highest BCUT2D eigenvalue weighted by molar-refractivity contribution is 9.13. The van der Waals surface area contributed by atoms with E-state index in [2.05, 4.69) is 47.8 Å². The number of rotatable bonds is 1. The average molecular weight is 359 g/mol. The molecule has 0 radical (unpaired) electrons. The van der Waals surface area contributed by atoms with Gasteiger partial charge >= 0.3 is 0 Å². The van der Waals surface area contributed by atoms with E-state index in [1.54, 1.807) is 0 Å². The summed E-state index contributed by atoms with van der Waals surface area (Å²) in [5.74, 6) is 0.0764. The maximum absolute atomic E-state index is 10.5. The zero-order valence-corrected chi connectivity index (χ0v) is 10.4. The molecule has 0 bridgehead atoms. The van der Waals surface area contributed by atoms with Crippen molar-refractivity contribution in [2.45, 2.75) is 0 Å². The molecule has 0 amide bonds. The predicted octanol–water partition coefficient (Wildman–Crippen LogP) is 3.49. The zero-order chi connectivity index (χ0) is 9.30. The van der Waals surface area contributed by atoms with Crippen LogP contribution in [-0.2, 0) is 0 Å². The van der Waals surface area contributed by atoms with E-state index in [1.165, 1.54) is 6.07 Å². The summed E-state index contributed by atoms with van der Waals surface area (Å²) in [6.45, 7) is 0. The predicted molar refractivity (Wildman–Crippen MR) is 56.6 cm³/mol. The van der Waals surface area contributed by atoms with Crippen LogP contribution in [0.2, 0.25) is 0 Å². The molecule has 1 rings (SSSR count). The van der Waals surface area contributed by atoms with Crippen LogP contribution in [0.3, 0.4) is 0 Å². The Labute approximate surface area is 94.4 Å². The molecule has 0 saturated heterocycles. The first kappa shape index (κ1) is 10.2. The van der Waals surface area contributed by atoms with Gasteiger partial charge in [-0.1, -0.05) is 0 Å². The summed E-state index contributed by atoms with van der Waals surface area (Å²) in [4.78, 5) is 10.5. The van der Waals surface area contributed by atoms with Gasteiger partial charge in [-0.15, -0.1) is 0 Å². The van der Waals surface area contributed by atoms with Crippen LogP contribution in [0.25, 0.3) is 0 Å². The van der Waals surface area contributed by atoms with E-state index >= 15 is 0 Å². The fraction of sp³-hybridized carbons (Fsp3) is 0. The van der Waals surface area contributed by atoms with Crippen molar-refractivity contribution >= 4 is 54.1 Å². The smallest absolute Gasteiger partial charge is 0.151 e. The zero-order valence-electron chi connectivity index (χ0n) is 5.64. The molecule has 64 valence electrons. The molecule has 0 spiro atoms. The summed E-state index contributed by atoms with van der Waals surface area (Å²) < 4.78 is 1.51. The van der Waals surface area contributed by atoms with Gasteiger partial charge in [0, 0.05) is 10.0 Å². The fourth-order valence-electron chi connectivity index (χ4n) is 0.690. The molecule has 0 heterocycles. The standard InChI is InChI=1S/C7H3Br3O2/c8-4-1-3(2-11)5(9)6(10)7(4)12/h1-2,12H. The first-order valence-electron chi connectivity index (χ1n) is 2.89. The van der Waals surface area contributed by atoms with Gasteiger partial charge in [0.1, 0.15) is 5.75 Å². The number of carbonyl (C=O) groups excluding carboxylic acids is 1. The SMILES string of the molecule is O=Cc1cc(Br)c(O)c(Br)c1Br. The van der Waals surface area contributed by atoms with Crippen LogP contribution in [0, 0.1) is 0 Å². The molecular weight excluding hydrogens is 356 g/mol. The van der Waals surface area contributed by atoms with Gasteiger partial charge < -0.3 is 5.11 Å². The van der Waals surface area contributed by atoms with E-state index in [0.717, 1.165) is 0 Å². The molecule has 1 aromatic carbocycles. The van der Waals surface area contributed by atoms with Crippen LogP contribution in [0.15, 0.2) is 19.5 Å². The lowest BCUT2D eigenvalue weighted by atomic mass is 10.2. The molecule has 12 heavy (non-hydrogen) atoms. The summed E-state index contributed by atoms with van der Waals surface area (Å²) >= 11 is 9.41. The molecule has 0 unspecified atom stereocenters. The highest BCUT2D eigenvalue weighted by Gasteiger charge is 2.11. The summed E-state index contributed by atoms with van der Waals surface area (Å²) in [7, 11) is 0. The number of carbonyl (C=O) groups is 1. The number of hydrogen-bond donors (Lipinski definition) is 1. The fourth-order valence-corrected chi connectivity index (χ4v) is 2.24. The Morgan fingerprint density at radius 1 is 1.25 bits per heavy atom. The van der Waals surface area contributed by atoms with Crippen LogP contribution in [-0.4, -0.2) is 11.4 Å². The number of halogens is 3. The molecular formula is C7H3Br3O2. The number of aromatic hydroxyl groups is 1. The molecule has 0 aromatic heterocycles. The lowest BCUT2D eigenvalue weighted by molar-refractivity contribution is 0.112. The van der Waals surface area contributed by atoms with Crippen LogP contribution in [0.4, 0.5) is 0 Å². The molecule has 0 saturated carbocycles. The monoisotopic (exact) mass is 356 g/mol. The first-order valence-corrected chi connectivity index (χ1v) is 5.27. The van der Waals surface area contributed by atoms with Crippen molar-refractivity contribution in [3.63, 3.8) is 0 Å². The number of phenolic OH excluding ortho intramolecular Hbond substituents is 1. The Bertz CT molecular complexity index is 336. The Morgan fingerprint density at radius 3 is 2.33 bits per heavy atom. The van der Waals surface area contributed by atoms with Crippen molar-refractivity contribution < 1.29 is 9.90 Å². The molecule has 2 nitrogen and oxygen atoms in total. The number of benzene rings is 1. The second-order valence-corrected chi connectivity index (χ2v) is 4.48. The van der Waals surface area contributed by atoms with Gasteiger partial charge in [-0.05, 0) is 53.9 Å². The van der Waals surface area contributed by atoms with Gasteiger partial charge in [0.05, 0.1) is 8.95 Å². The first-order chi connectivity index (χ1) is 5.57. The molecule has 1 N–H and O–H groups in total. The third-order valence-electron chi connectivity index (χ3n) is 1.29. The van der Waals surface area contributed by atoms with Gasteiger partial charge in [-0.25, -0.2) is 0 Å². The molecule has 0 fully saturated rings. The van der Waals surface area contributed by atoms with E-state index in [0.29, 0.717) is 25.3 Å². The van der Waals surface area contributed by atoms with Crippen LogP contribution in [0.5, 0.6) is 5.75 Å². The largest absolute Gasteiger partial charge is 0.506 e. The van der Waals surface area contributed by atoms with Gasteiger partial charge in [-0.3, -0.25) is 4.79 Å². The molecule has 0 aliphatic heterocycles. The maximum atomic E-state index is 10.5. The third kappa shape index (κ3) is 1.72. The molecule has 0 aliphatic carbocycles. The minimum Gasteiger partial charge on any atom is -0.506 e. The summed E-state index contributed by atoms with van der Waals surface area (Å²) in [5.41, 5.74) is 0.478. The number of phenols is 1. The van der Waals surface area contributed by atoms with E-state index in [4.69, 9.17) is 0 Å². The number of hydrogen-bond acceptors (Lipinski definition) is 2. The molecule has 1 aromatic rings. The van der Waals surface area contributed by atoms with Crippen molar-refractivity contribution in [3.05, 3.63) is 25.0 Å². The second kappa shape index (κ2) is 3.89. The topological polar surface area (TPSA) is 37.3 Å². The van der Waals surface area contributed by atoms with Gasteiger partial charge in [0.25, 0.3) is 0 Å². The van der Waals surface area contributed by atoms with E-state index in [9.17, 15) is 9.90 Å². The Kier molecular flexibility index (Phi) is 3.31. The number of aldehydes is 1. The van der Waals surface area contributed by atoms with Crippen molar-refractivity contribution in [1.29, 1.82) is 0 Å². The highest BCUT2D eigenvalue weighted by atomic mass is 79.9.